The van der Waals surface area contributed by atoms with Crippen LogP contribution in [0.15, 0.2) is 18.3 Å². The first-order valence-corrected chi connectivity index (χ1v) is 5.68. The molecule has 1 aliphatic heterocycles. The van der Waals surface area contributed by atoms with Gasteiger partial charge in [-0.05, 0) is 32.1 Å². The topological polar surface area (TPSA) is 45.5 Å². The van der Waals surface area contributed by atoms with Gasteiger partial charge in [0.15, 0.2) is 5.65 Å². The monoisotopic (exact) mass is 235 g/mol. The number of nitrogens with one attached hydrogen (secondary N) is 1. The number of anilines is 1. The van der Waals surface area contributed by atoms with Crippen molar-refractivity contribution in [2.75, 3.05) is 25.5 Å². The second-order valence-corrected chi connectivity index (χ2v) is 4.48. The second-order valence-electron chi connectivity index (χ2n) is 4.48. The molecule has 0 saturated carbocycles. The maximum atomic E-state index is 13.0. The van der Waals surface area contributed by atoms with Crippen LogP contribution in [0.2, 0.25) is 0 Å². The van der Waals surface area contributed by atoms with Crippen LogP contribution in [-0.2, 0) is 0 Å². The van der Waals surface area contributed by atoms with Crippen LogP contribution < -0.4 is 5.32 Å². The summed E-state index contributed by atoms with van der Waals surface area (Å²) < 4.78 is 14.4. The summed E-state index contributed by atoms with van der Waals surface area (Å²) >= 11 is 0. The van der Waals surface area contributed by atoms with Crippen LogP contribution in [0.25, 0.3) is 5.65 Å². The van der Waals surface area contributed by atoms with Crippen LogP contribution in [0.1, 0.15) is 6.42 Å². The van der Waals surface area contributed by atoms with E-state index in [1.54, 1.807) is 6.07 Å². The van der Waals surface area contributed by atoms with Gasteiger partial charge in [0.2, 0.25) is 5.95 Å². The molecule has 1 aliphatic rings. The molecule has 2 aromatic heterocycles. The summed E-state index contributed by atoms with van der Waals surface area (Å²) in [7, 11) is 2.09. The smallest absolute Gasteiger partial charge is 0.243 e. The van der Waals surface area contributed by atoms with Gasteiger partial charge in [0.05, 0.1) is 6.20 Å². The van der Waals surface area contributed by atoms with Gasteiger partial charge in [-0.2, -0.15) is 4.98 Å². The number of halogens is 1. The van der Waals surface area contributed by atoms with Gasteiger partial charge in [0.1, 0.15) is 5.82 Å². The van der Waals surface area contributed by atoms with Gasteiger partial charge in [-0.3, -0.25) is 0 Å². The third-order valence-electron chi connectivity index (χ3n) is 3.02. The molecule has 6 heteroatoms. The number of hydrogen-bond acceptors (Lipinski definition) is 4. The molecule has 17 heavy (non-hydrogen) atoms. The largest absolute Gasteiger partial charge is 0.349 e. The lowest BCUT2D eigenvalue weighted by Gasteiger charge is -2.10. The third kappa shape index (κ3) is 2.08. The van der Waals surface area contributed by atoms with E-state index in [1.807, 2.05) is 0 Å². The van der Waals surface area contributed by atoms with Gasteiger partial charge in [0, 0.05) is 12.6 Å². The molecule has 0 spiro atoms. The van der Waals surface area contributed by atoms with E-state index in [-0.39, 0.29) is 5.82 Å². The molecule has 0 aromatic carbocycles. The van der Waals surface area contributed by atoms with Crippen molar-refractivity contribution in [3.05, 3.63) is 24.1 Å². The van der Waals surface area contributed by atoms with E-state index in [1.165, 1.54) is 16.8 Å². The van der Waals surface area contributed by atoms with Crippen molar-refractivity contribution in [3.8, 4) is 0 Å². The molecule has 1 atom stereocenters. The van der Waals surface area contributed by atoms with E-state index >= 15 is 0 Å². The molecule has 3 rings (SSSR count). The Labute approximate surface area is 98.3 Å². The number of rotatable bonds is 2. The Kier molecular flexibility index (Phi) is 2.44. The molecular weight excluding hydrogens is 221 g/mol. The highest BCUT2D eigenvalue weighted by molar-refractivity contribution is 5.43. The van der Waals surface area contributed by atoms with Gasteiger partial charge in [0.25, 0.3) is 0 Å². The Balaban J connectivity index is 1.81. The average molecular weight is 235 g/mol. The molecular formula is C11H14FN5. The van der Waals surface area contributed by atoms with E-state index in [0.29, 0.717) is 17.6 Å². The van der Waals surface area contributed by atoms with E-state index < -0.39 is 0 Å². The molecule has 0 aliphatic carbocycles. The SMILES string of the molecule is CN1CCC(Nc2nc3ccc(F)cn3n2)C1. The van der Waals surface area contributed by atoms with Gasteiger partial charge in [-0.15, -0.1) is 5.10 Å². The summed E-state index contributed by atoms with van der Waals surface area (Å²) in [6, 6.07) is 3.38. The number of hydrogen-bond donors (Lipinski definition) is 1. The fourth-order valence-corrected chi connectivity index (χ4v) is 2.15. The molecule has 2 aromatic rings. The number of fused-ring (bicyclic) bond motifs is 1. The fraction of sp³-hybridized carbons (Fsp3) is 0.455. The zero-order chi connectivity index (χ0) is 11.8. The number of likely N-dealkylation sites (N-methyl/N-ethyl adjacent to an activating group) is 1. The van der Waals surface area contributed by atoms with Gasteiger partial charge in [-0.25, -0.2) is 8.91 Å². The number of nitrogens with zero attached hydrogens (tertiary/aromatic N) is 4. The summed E-state index contributed by atoms with van der Waals surface area (Å²) in [6.07, 6.45) is 2.41. The van der Waals surface area contributed by atoms with Crippen LogP contribution >= 0.6 is 0 Å². The third-order valence-corrected chi connectivity index (χ3v) is 3.02. The van der Waals surface area contributed by atoms with Crippen LogP contribution in [0.3, 0.4) is 0 Å². The quantitative estimate of drug-likeness (QED) is 0.843. The van der Waals surface area contributed by atoms with E-state index in [2.05, 4.69) is 27.3 Å². The van der Waals surface area contributed by atoms with Gasteiger partial charge < -0.3 is 10.2 Å². The summed E-state index contributed by atoms with van der Waals surface area (Å²) in [5, 5.41) is 7.47. The van der Waals surface area contributed by atoms with Crippen molar-refractivity contribution in [2.24, 2.45) is 0 Å². The van der Waals surface area contributed by atoms with Crippen molar-refractivity contribution >= 4 is 11.6 Å². The standard InChI is InChI=1S/C11H14FN5/c1-16-5-4-9(7-16)13-11-14-10-3-2-8(12)6-17(10)15-11/h2-3,6,9H,4-5,7H2,1H3,(H,13,15). The highest BCUT2D eigenvalue weighted by Gasteiger charge is 2.20. The summed E-state index contributed by atoms with van der Waals surface area (Å²) in [5.41, 5.74) is 0.653. The normalized spacial score (nSPS) is 21.2. The lowest BCUT2D eigenvalue weighted by atomic mass is 10.3. The maximum Gasteiger partial charge on any atom is 0.243 e. The first-order chi connectivity index (χ1) is 8.20. The molecule has 0 amide bonds. The van der Waals surface area contributed by atoms with E-state index in [9.17, 15) is 4.39 Å². The fourth-order valence-electron chi connectivity index (χ4n) is 2.15. The minimum absolute atomic E-state index is 0.311. The highest BCUT2D eigenvalue weighted by Crippen LogP contribution is 2.13. The predicted octanol–water partition coefficient (Wildman–Crippen LogP) is 0.984. The molecule has 1 fully saturated rings. The zero-order valence-corrected chi connectivity index (χ0v) is 9.60. The van der Waals surface area contributed by atoms with Crippen molar-refractivity contribution in [1.29, 1.82) is 0 Å². The Morgan fingerprint density at radius 1 is 1.47 bits per heavy atom. The first-order valence-electron chi connectivity index (χ1n) is 5.68. The Morgan fingerprint density at radius 3 is 3.12 bits per heavy atom. The number of pyridine rings is 1. The lowest BCUT2D eigenvalue weighted by molar-refractivity contribution is 0.414. The first kappa shape index (κ1) is 10.5. The number of aromatic nitrogens is 3. The minimum Gasteiger partial charge on any atom is -0.349 e. The number of likely N-dealkylation sites (tertiary alicyclic amines) is 1. The van der Waals surface area contributed by atoms with Crippen LogP contribution in [0, 0.1) is 5.82 Å². The van der Waals surface area contributed by atoms with Gasteiger partial charge in [-0.1, -0.05) is 0 Å². The second kappa shape index (κ2) is 3.96. The average Bonchev–Trinajstić information content (AvgIpc) is 2.84. The van der Waals surface area contributed by atoms with Crippen LogP contribution in [-0.4, -0.2) is 45.7 Å². The minimum atomic E-state index is -0.311. The molecule has 1 N–H and O–H groups in total. The van der Waals surface area contributed by atoms with E-state index in [0.717, 1.165) is 19.5 Å². The van der Waals surface area contributed by atoms with Crippen molar-refractivity contribution < 1.29 is 4.39 Å². The van der Waals surface area contributed by atoms with Crippen molar-refractivity contribution in [3.63, 3.8) is 0 Å². The molecule has 5 nitrogen and oxygen atoms in total. The Morgan fingerprint density at radius 2 is 2.35 bits per heavy atom. The molecule has 1 unspecified atom stereocenters. The summed E-state index contributed by atoms with van der Waals surface area (Å²) in [6.45, 7) is 2.07. The summed E-state index contributed by atoms with van der Waals surface area (Å²) in [5.74, 6) is 0.255. The lowest BCUT2D eigenvalue weighted by Crippen LogP contribution is -2.24. The molecule has 0 bridgehead atoms. The Hall–Kier alpha value is -1.69. The highest BCUT2D eigenvalue weighted by atomic mass is 19.1. The summed E-state index contributed by atoms with van der Waals surface area (Å²) in [4.78, 5) is 6.55. The van der Waals surface area contributed by atoms with Crippen molar-refractivity contribution in [2.45, 2.75) is 12.5 Å². The van der Waals surface area contributed by atoms with Crippen molar-refractivity contribution in [1.82, 2.24) is 19.5 Å². The van der Waals surface area contributed by atoms with Crippen LogP contribution in [0.4, 0.5) is 10.3 Å². The maximum absolute atomic E-state index is 13.0. The zero-order valence-electron chi connectivity index (χ0n) is 9.60. The molecule has 90 valence electrons. The molecule has 1 saturated heterocycles. The van der Waals surface area contributed by atoms with Gasteiger partial charge >= 0.3 is 0 Å². The predicted molar refractivity (Wildman–Crippen MR) is 62.5 cm³/mol. The van der Waals surface area contributed by atoms with Crippen LogP contribution in [0.5, 0.6) is 0 Å². The van der Waals surface area contributed by atoms with E-state index in [4.69, 9.17) is 0 Å². The molecule has 0 radical (unpaired) electrons. The Bertz CT molecular complexity index is 538. The molecule has 3 heterocycles.